The van der Waals surface area contributed by atoms with Crippen LogP contribution in [-0.4, -0.2) is 69.1 Å². The number of sulfonamides is 1. The molecule has 2 fully saturated rings. The van der Waals surface area contributed by atoms with Crippen LogP contribution in [0.25, 0.3) is 0 Å². The molecule has 0 bridgehead atoms. The molecule has 1 saturated heterocycles. The van der Waals surface area contributed by atoms with Gasteiger partial charge in [0.15, 0.2) is 5.96 Å². The van der Waals surface area contributed by atoms with E-state index in [-0.39, 0.29) is 29.7 Å². The number of halogens is 1. The number of hydrogen-bond donors (Lipinski definition) is 1. The van der Waals surface area contributed by atoms with Gasteiger partial charge in [0.1, 0.15) is 0 Å². The van der Waals surface area contributed by atoms with E-state index in [0.29, 0.717) is 19.6 Å². The molecule has 2 rings (SSSR count). The van der Waals surface area contributed by atoms with E-state index in [1.54, 1.807) is 4.31 Å². The quantitative estimate of drug-likeness (QED) is 0.356. The van der Waals surface area contributed by atoms with Crippen molar-refractivity contribution in [2.45, 2.75) is 46.0 Å². The molecule has 1 N–H and O–H groups in total. The van der Waals surface area contributed by atoms with Crippen LogP contribution in [0.3, 0.4) is 0 Å². The molecular formula is C17H35IN4O2S. The Kier molecular flexibility index (Phi) is 10.0. The highest BCUT2D eigenvalue weighted by atomic mass is 127. The Morgan fingerprint density at radius 2 is 1.96 bits per heavy atom. The molecular weight excluding hydrogens is 451 g/mol. The fraction of sp³-hybridized carbons (Fsp3) is 0.941. The van der Waals surface area contributed by atoms with E-state index < -0.39 is 10.0 Å². The van der Waals surface area contributed by atoms with Gasteiger partial charge in [0.05, 0.1) is 12.3 Å². The Labute approximate surface area is 170 Å². The zero-order valence-electron chi connectivity index (χ0n) is 15.9. The zero-order valence-corrected chi connectivity index (χ0v) is 19.1. The third kappa shape index (κ3) is 7.21. The zero-order chi connectivity index (χ0) is 17.6. The first-order valence-corrected chi connectivity index (χ1v) is 11.0. The average molecular weight is 486 g/mol. The van der Waals surface area contributed by atoms with Gasteiger partial charge >= 0.3 is 0 Å². The maximum absolute atomic E-state index is 11.8. The summed E-state index contributed by atoms with van der Waals surface area (Å²) in [6, 6.07) is 0. The summed E-state index contributed by atoms with van der Waals surface area (Å²) in [5, 5.41) is 3.33. The number of nitrogens with zero attached hydrogens (tertiary/aromatic N) is 3. The Balaban J connectivity index is 0.00000312. The van der Waals surface area contributed by atoms with Crippen LogP contribution in [-0.2, 0) is 10.0 Å². The summed E-state index contributed by atoms with van der Waals surface area (Å²) < 4.78 is 25.2. The van der Waals surface area contributed by atoms with E-state index in [1.807, 2.05) is 0 Å². The van der Waals surface area contributed by atoms with Crippen LogP contribution in [0, 0.1) is 11.8 Å². The van der Waals surface area contributed by atoms with Crippen molar-refractivity contribution in [1.82, 2.24) is 14.5 Å². The molecule has 1 heterocycles. The van der Waals surface area contributed by atoms with Crippen molar-refractivity contribution in [2.75, 3.05) is 45.5 Å². The predicted octanol–water partition coefficient (Wildman–Crippen LogP) is 2.36. The first-order valence-electron chi connectivity index (χ1n) is 9.39. The normalized spacial score (nSPS) is 26.9. The Hall–Kier alpha value is -0.0900. The highest BCUT2D eigenvalue weighted by molar-refractivity contribution is 14.0. The third-order valence-electron chi connectivity index (χ3n) is 5.18. The van der Waals surface area contributed by atoms with Crippen LogP contribution >= 0.6 is 24.0 Å². The molecule has 1 aliphatic carbocycles. The van der Waals surface area contributed by atoms with E-state index >= 15 is 0 Å². The van der Waals surface area contributed by atoms with Gasteiger partial charge in [-0.1, -0.05) is 19.8 Å². The van der Waals surface area contributed by atoms with Crippen molar-refractivity contribution in [3.05, 3.63) is 0 Å². The molecule has 0 aromatic carbocycles. The third-order valence-corrected chi connectivity index (χ3v) is 7.13. The number of guanidine groups is 1. The minimum Gasteiger partial charge on any atom is -0.357 e. The standard InChI is InChI=1S/C17H34N4O2S.HI/c1-4-18-17(19-10-12-21-11-5-13-24(21,22)23)20(3)14-16-8-6-15(2)7-9-16;/h15-16H,4-14H2,1-3H3,(H,18,19);1H. The van der Waals surface area contributed by atoms with Crippen molar-refractivity contribution in [2.24, 2.45) is 16.8 Å². The number of hydrogen-bond acceptors (Lipinski definition) is 3. The van der Waals surface area contributed by atoms with E-state index in [0.717, 1.165) is 37.3 Å². The molecule has 1 aliphatic heterocycles. The summed E-state index contributed by atoms with van der Waals surface area (Å²) in [5.41, 5.74) is 0. The lowest BCUT2D eigenvalue weighted by Crippen LogP contribution is -2.42. The van der Waals surface area contributed by atoms with E-state index in [1.165, 1.54) is 25.7 Å². The van der Waals surface area contributed by atoms with Gasteiger partial charge < -0.3 is 10.2 Å². The van der Waals surface area contributed by atoms with Gasteiger partial charge in [0, 0.05) is 33.2 Å². The lowest BCUT2D eigenvalue weighted by molar-refractivity contribution is 0.250. The second-order valence-electron chi connectivity index (χ2n) is 7.31. The summed E-state index contributed by atoms with van der Waals surface area (Å²) >= 11 is 0. The molecule has 6 nitrogen and oxygen atoms in total. The van der Waals surface area contributed by atoms with Crippen molar-refractivity contribution in [3.8, 4) is 0 Å². The summed E-state index contributed by atoms with van der Waals surface area (Å²) in [6.45, 7) is 7.92. The van der Waals surface area contributed by atoms with Gasteiger partial charge in [-0.05, 0) is 38.0 Å². The molecule has 0 radical (unpaired) electrons. The first-order chi connectivity index (χ1) is 11.4. The van der Waals surface area contributed by atoms with E-state index in [4.69, 9.17) is 0 Å². The maximum Gasteiger partial charge on any atom is 0.214 e. The summed E-state index contributed by atoms with van der Waals surface area (Å²) in [5.74, 6) is 2.80. The van der Waals surface area contributed by atoms with Gasteiger partial charge in [0.25, 0.3) is 0 Å². The Morgan fingerprint density at radius 3 is 2.52 bits per heavy atom. The monoisotopic (exact) mass is 486 g/mol. The highest BCUT2D eigenvalue weighted by Gasteiger charge is 2.27. The van der Waals surface area contributed by atoms with Gasteiger partial charge in [-0.25, -0.2) is 12.7 Å². The lowest BCUT2D eigenvalue weighted by Gasteiger charge is -2.31. The van der Waals surface area contributed by atoms with Crippen molar-refractivity contribution in [3.63, 3.8) is 0 Å². The van der Waals surface area contributed by atoms with Crippen molar-refractivity contribution < 1.29 is 8.42 Å². The number of nitrogens with one attached hydrogen (secondary N) is 1. The van der Waals surface area contributed by atoms with Crippen molar-refractivity contribution >= 4 is 40.0 Å². The topological polar surface area (TPSA) is 65.0 Å². The molecule has 0 unspecified atom stereocenters. The minimum atomic E-state index is -3.02. The highest BCUT2D eigenvalue weighted by Crippen LogP contribution is 2.28. The smallest absolute Gasteiger partial charge is 0.214 e. The molecule has 8 heteroatoms. The SMILES string of the molecule is CCNC(=NCCN1CCCS1(=O)=O)N(C)CC1CCC(C)CC1.I. The molecule has 0 spiro atoms. The van der Waals surface area contributed by atoms with Crippen molar-refractivity contribution in [1.29, 1.82) is 0 Å². The maximum atomic E-state index is 11.8. The van der Waals surface area contributed by atoms with Gasteiger partial charge in [0.2, 0.25) is 10.0 Å². The van der Waals surface area contributed by atoms with Crippen LogP contribution in [0.1, 0.15) is 46.0 Å². The second-order valence-corrected chi connectivity index (χ2v) is 9.40. The summed E-state index contributed by atoms with van der Waals surface area (Å²) in [7, 11) is -0.926. The largest absolute Gasteiger partial charge is 0.357 e. The van der Waals surface area contributed by atoms with Gasteiger partial charge in [-0.15, -0.1) is 24.0 Å². The molecule has 148 valence electrons. The fourth-order valence-corrected chi connectivity index (χ4v) is 5.18. The summed E-state index contributed by atoms with van der Waals surface area (Å²) in [4.78, 5) is 6.86. The molecule has 2 aliphatic rings. The fourth-order valence-electron chi connectivity index (χ4n) is 3.66. The Morgan fingerprint density at radius 1 is 1.28 bits per heavy atom. The van der Waals surface area contributed by atoms with Crippen LogP contribution < -0.4 is 5.32 Å². The molecule has 0 atom stereocenters. The predicted molar refractivity (Wildman–Crippen MR) is 115 cm³/mol. The number of rotatable bonds is 6. The molecule has 0 aromatic heterocycles. The lowest BCUT2D eigenvalue weighted by atomic mass is 9.83. The van der Waals surface area contributed by atoms with E-state index in [9.17, 15) is 8.42 Å². The first kappa shape index (κ1) is 23.0. The Bertz CT molecular complexity index is 519. The molecule has 0 aromatic rings. The molecule has 25 heavy (non-hydrogen) atoms. The van der Waals surface area contributed by atoms with Crippen LogP contribution in [0.5, 0.6) is 0 Å². The minimum absolute atomic E-state index is 0. The number of aliphatic imine (C=N–C) groups is 1. The van der Waals surface area contributed by atoms with Crippen LogP contribution in [0.2, 0.25) is 0 Å². The van der Waals surface area contributed by atoms with Crippen LogP contribution in [0.4, 0.5) is 0 Å². The van der Waals surface area contributed by atoms with Crippen LogP contribution in [0.15, 0.2) is 4.99 Å². The summed E-state index contributed by atoms with van der Waals surface area (Å²) in [6.07, 6.45) is 6.01. The second kappa shape index (κ2) is 10.9. The van der Waals surface area contributed by atoms with E-state index in [2.05, 4.69) is 36.1 Å². The van der Waals surface area contributed by atoms with Gasteiger partial charge in [-0.3, -0.25) is 4.99 Å². The molecule has 1 saturated carbocycles. The van der Waals surface area contributed by atoms with Gasteiger partial charge in [-0.2, -0.15) is 0 Å². The average Bonchev–Trinajstić information content (AvgIpc) is 2.87. The molecule has 0 amide bonds.